The standard InChI is InChI=1S/C7H6O.C3H10Ge/c8-6-7-4-2-1-3-5-7;1-4(2)3/h1-6H;4H,1-3H3. The Labute approximate surface area is 78.9 Å². The zero-order chi connectivity index (χ0) is 9.40. The molecule has 0 saturated carbocycles. The van der Waals surface area contributed by atoms with Crippen LogP contribution >= 0.6 is 0 Å². The van der Waals surface area contributed by atoms with Crippen molar-refractivity contribution in [2.75, 3.05) is 0 Å². The Balaban J connectivity index is 0.000000261. The van der Waals surface area contributed by atoms with Gasteiger partial charge < -0.3 is 0 Å². The molecule has 1 rings (SSSR count). The van der Waals surface area contributed by atoms with Crippen molar-refractivity contribution in [3.8, 4) is 0 Å². The normalized spacial score (nSPS) is 8.67. The van der Waals surface area contributed by atoms with E-state index in [9.17, 15) is 4.79 Å². The first kappa shape index (κ1) is 11.4. The van der Waals surface area contributed by atoms with Gasteiger partial charge in [0.25, 0.3) is 0 Å². The summed E-state index contributed by atoms with van der Waals surface area (Å²) in [5.41, 5.74) is 0.729. The molecule has 1 aromatic rings. The van der Waals surface area contributed by atoms with E-state index in [-0.39, 0.29) is 0 Å². The molecule has 0 saturated heterocycles. The van der Waals surface area contributed by atoms with Gasteiger partial charge in [-0.1, -0.05) is 30.3 Å². The van der Waals surface area contributed by atoms with Gasteiger partial charge in [-0.2, -0.15) is 0 Å². The summed E-state index contributed by atoms with van der Waals surface area (Å²) >= 11 is -0.479. The molecule has 1 nitrogen and oxygen atoms in total. The molecule has 0 spiro atoms. The number of hydrogen-bond donors (Lipinski definition) is 0. The molecule has 0 N–H and O–H groups in total. The molecule has 0 aliphatic heterocycles. The van der Waals surface area contributed by atoms with Gasteiger partial charge in [0, 0.05) is 5.56 Å². The van der Waals surface area contributed by atoms with Gasteiger partial charge in [0.2, 0.25) is 0 Å². The summed E-state index contributed by atoms with van der Waals surface area (Å²) in [7, 11) is 0. The summed E-state index contributed by atoms with van der Waals surface area (Å²) < 4.78 is 0. The van der Waals surface area contributed by atoms with Crippen LogP contribution in [0.3, 0.4) is 0 Å². The van der Waals surface area contributed by atoms with Crippen LogP contribution in [0, 0.1) is 0 Å². The van der Waals surface area contributed by atoms with E-state index in [0.29, 0.717) is 0 Å². The molecular formula is C10H16GeO. The molecule has 0 aliphatic carbocycles. The van der Waals surface area contributed by atoms with E-state index < -0.39 is 14.3 Å². The van der Waals surface area contributed by atoms with Crippen molar-refractivity contribution in [1.82, 2.24) is 0 Å². The topological polar surface area (TPSA) is 17.1 Å². The van der Waals surface area contributed by atoms with E-state index in [1.165, 1.54) is 0 Å². The molecule has 0 bridgehead atoms. The van der Waals surface area contributed by atoms with Gasteiger partial charge in [-0.15, -0.1) is 0 Å². The zero-order valence-electron chi connectivity index (χ0n) is 7.95. The van der Waals surface area contributed by atoms with Crippen LogP contribution in [0.5, 0.6) is 0 Å². The van der Waals surface area contributed by atoms with Crippen molar-refractivity contribution in [2.24, 2.45) is 0 Å². The molecule has 0 unspecified atom stereocenters. The SMILES string of the molecule is O=Cc1ccccc1.[CH3][GeH]([CH3])[CH3]. The molecule has 0 amide bonds. The van der Waals surface area contributed by atoms with E-state index in [1.54, 1.807) is 12.1 Å². The number of benzene rings is 1. The van der Waals surface area contributed by atoms with Gasteiger partial charge in [0.15, 0.2) is 0 Å². The summed E-state index contributed by atoms with van der Waals surface area (Å²) in [6.45, 7) is 0. The second-order valence-electron chi connectivity index (χ2n) is 3.26. The van der Waals surface area contributed by atoms with E-state index in [2.05, 4.69) is 17.3 Å². The van der Waals surface area contributed by atoms with Gasteiger partial charge in [-0.25, -0.2) is 0 Å². The minimum atomic E-state index is -0.479. The molecule has 0 fully saturated rings. The maximum atomic E-state index is 10.0. The van der Waals surface area contributed by atoms with Crippen molar-refractivity contribution < 1.29 is 4.79 Å². The van der Waals surface area contributed by atoms with Gasteiger partial charge >= 0.3 is 31.6 Å². The Bertz CT molecular complexity index is 204. The van der Waals surface area contributed by atoms with Gasteiger partial charge in [-0.3, -0.25) is 4.79 Å². The molecule has 12 heavy (non-hydrogen) atoms. The van der Waals surface area contributed by atoms with E-state index >= 15 is 0 Å². The summed E-state index contributed by atoms with van der Waals surface area (Å²) in [5, 5.41) is 0. The zero-order valence-corrected chi connectivity index (χ0v) is 10.4. The van der Waals surface area contributed by atoms with Gasteiger partial charge in [-0.05, 0) is 0 Å². The number of carbonyl (C=O) groups excluding carboxylic acids is 1. The first-order valence-corrected chi connectivity index (χ1v) is 11.4. The predicted octanol–water partition coefficient (Wildman–Crippen LogP) is 2.60. The fourth-order valence-corrected chi connectivity index (χ4v) is 0.532. The van der Waals surface area contributed by atoms with E-state index in [1.807, 2.05) is 18.2 Å². The molecule has 0 radical (unpaired) electrons. The van der Waals surface area contributed by atoms with Crippen molar-refractivity contribution in [3.63, 3.8) is 0 Å². The summed E-state index contributed by atoms with van der Waals surface area (Å²) in [6.07, 6.45) is 0.833. The third kappa shape index (κ3) is 7.54. The fourth-order valence-electron chi connectivity index (χ4n) is 0.532. The van der Waals surface area contributed by atoms with Crippen LogP contribution in [0.1, 0.15) is 10.4 Å². The Morgan fingerprint density at radius 2 is 1.50 bits per heavy atom. The van der Waals surface area contributed by atoms with Crippen LogP contribution in [0.15, 0.2) is 30.3 Å². The Kier molecular flexibility index (Phi) is 6.77. The average molecular weight is 225 g/mol. The third-order valence-electron chi connectivity index (χ3n) is 0.936. The number of hydrogen-bond acceptors (Lipinski definition) is 1. The Hall–Kier alpha value is -0.567. The van der Waals surface area contributed by atoms with Gasteiger partial charge in [0.1, 0.15) is 6.29 Å². The number of carbonyl (C=O) groups is 1. The van der Waals surface area contributed by atoms with Crippen molar-refractivity contribution in [1.29, 1.82) is 0 Å². The Morgan fingerprint density at radius 3 is 1.75 bits per heavy atom. The minimum absolute atomic E-state index is 0.479. The number of aldehydes is 1. The van der Waals surface area contributed by atoms with Crippen LogP contribution in [0.25, 0.3) is 0 Å². The summed E-state index contributed by atoms with van der Waals surface area (Å²) in [4.78, 5) is 10.0. The van der Waals surface area contributed by atoms with E-state index in [0.717, 1.165) is 11.8 Å². The molecule has 1 aromatic carbocycles. The van der Waals surface area contributed by atoms with Crippen LogP contribution in [0.4, 0.5) is 0 Å². The van der Waals surface area contributed by atoms with Crippen LogP contribution in [-0.4, -0.2) is 20.6 Å². The third-order valence-corrected chi connectivity index (χ3v) is 0.936. The van der Waals surface area contributed by atoms with Crippen molar-refractivity contribution >= 4 is 20.6 Å². The second-order valence-corrected chi connectivity index (χ2v) is 10.5. The number of rotatable bonds is 1. The first-order chi connectivity index (χ1) is 5.66. The quantitative estimate of drug-likeness (QED) is 0.530. The first-order valence-electron chi connectivity index (χ1n) is 4.17. The molecule has 0 aliphatic rings. The molecule has 66 valence electrons. The fraction of sp³-hybridized carbons (Fsp3) is 0.300. The van der Waals surface area contributed by atoms with Crippen LogP contribution in [0.2, 0.25) is 17.3 Å². The van der Waals surface area contributed by atoms with E-state index in [4.69, 9.17) is 0 Å². The molecule has 2 heteroatoms. The van der Waals surface area contributed by atoms with Crippen molar-refractivity contribution in [2.45, 2.75) is 17.3 Å². The molecule has 0 aromatic heterocycles. The summed E-state index contributed by atoms with van der Waals surface area (Å²) in [5.74, 6) is 7.06. The average Bonchev–Trinajstić information content (AvgIpc) is 2.05. The van der Waals surface area contributed by atoms with Crippen LogP contribution < -0.4 is 0 Å². The molecule has 0 atom stereocenters. The Morgan fingerprint density at radius 1 is 1.08 bits per heavy atom. The maximum absolute atomic E-state index is 10.0. The second kappa shape index (κ2) is 7.10. The van der Waals surface area contributed by atoms with Crippen LogP contribution in [-0.2, 0) is 0 Å². The van der Waals surface area contributed by atoms with Crippen molar-refractivity contribution in [3.05, 3.63) is 35.9 Å². The monoisotopic (exact) mass is 226 g/mol. The van der Waals surface area contributed by atoms with Gasteiger partial charge in [0.05, 0.1) is 0 Å². The molecular weight excluding hydrogens is 209 g/mol. The predicted molar refractivity (Wildman–Crippen MR) is 56.6 cm³/mol. The summed E-state index contributed by atoms with van der Waals surface area (Å²) in [6, 6.07) is 9.10. The molecule has 0 heterocycles.